The van der Waals surface area contributed by atoms with Gasteiger partial charge >= 0.3 is 0 Å². The van der Waals surface area contributed by atoms with Crippen molar-refractivity contribution in [2.75, 3.05) is 19.0 Å². The second kappa shape index (κ2) is 6.50. The maximum Gasteiger partial charge on any atom is 0.145 e. The number of rotatable bonds is 5. The van der Waals surface area contributed by atoms with Crippen LogP contribution in [0.5, 0.6) is 0 Å². The summed E-state index contributed by atoms with van der Waals surface area (Å²) >= 11 is 1.75. The summed E-state index contributed by atoms with van der Waals surface area (Å²) in [5.41, 5.74) is 1.98. The molecule has 92 valence electrons. The molecule has 0 aliphatic heterocycles. The molecule has 0 saturated heterocycles. The molecule has 0 bridgehead atoms. The Balaban J connectivity index is 2.66. The van der Waals surface area contributed by atoms with Crippen molar-refractivity contribution >= 4 is 23.7 Å². The Bertz CT molecular complexity index is 395. The SMILES string of the molecule is C/C(C=O)=C\C(C)Sc1ccc(N(C)C)cc1. The Morgan fingerprint density at radius 2 is 1.88 bits per heavy atom. The first-order valence-electron chi connectivity index (χ1n) is 5.60. The number of carbonyl (C=O) groups is 1. The molecule has 0 N–H and O–H groups in total. The molecule has 3 heteroatoms. The van der Waals surface area contributed by atoms with Crippen LogP contribution in [0.15, 0.2) is 40.8 Å². The van der Waals surface area contributed by atoms with E-state index in [-0.39, 0.29) is 0 Å². The maximum absolute atomic E-state index is 10.5. The lowest BCUT2D eigenvalue weighted by atomic mass is 10.3. The lowest BCUT2D eigenvalue weighted by Gasteiger charge is -2.13. The number of hydrogen-bond donors (Lipinski definition) is 0. The van der Waals surface area contributed by atoms with Crippen molar-refractivity contribution in [1.29, 1.82) is 0 Å². The normalized spacial score (nSPS) is 13.3. The van der Waals surface area contributed by atoms with Crippen molar-refractivity contribution < 1.29 is 4.79 Å². The average Bonchev–Trinajstić information content (AvgIpc) is 2.29. The lowest BCUT2D eigenvalue weighted by molar-refractivity contribution is -0.104. The fourth-order valence-corrected chi connectivity index (χ4v) is 2.49. The minimum absolute atomic E-state index is 0.311. The molecule has 0 radical (unpaired) electrons. The lowest BCUT2D eigenvalue weighted by Crippen LogP contribution is -2.07. The Hall–Kier alpha value is -1.22. The molecule has 1 unspecified atom stereocenters. The molecule has 0 aromatic heterocycles. The number of aldehydes is 1. The number of thioether (sulfide) groups is 1. The van der Waals surface area contributed by atoms with E-state index in [9.17, 15) is 4.79 Å². The van der Waals surface area contributed by atoms with Gasteiger partial charge in [0, 0.05) is 29.9 Å². The minimum atomic E-state index is 0.311. The van der Waals surface area contributed by atoms with Gasteiger partial charge in [0.05, 0.1) is 0 Å². The van der Waals surface area contributed by atoms with Gasteiger partial charge in [0.25, 0.3) is 0 Å². The predicted molar refractivity (Wildman–Crippen MR) is 75.9 cm³/mol. The fraction of sp³-hybridized carbons (Fsp3) is 0.357. The first-order valence-corrected chi connectivity index (χ1v) is 6.48. The Labute approximate surface area is 108 Å². The van der Waals surface area contributed by atoms with Crippen LogP contribution < -0.4 is 4.90 Å². The highest BCUT2D eigenvalue weighted by Crippen LogP contribution is 2.26. The van der Waals surface area contributed by atoms with Gasteiger partial charge in [0.2, 0.25) is 0 Å². The van der Waals surface area contributed by atoms with E-state index < -0.39 is 0 Å². The van der Waals surface area contributed by atoms with Crippen LogP contribution in [0, 0.1) is 0 Å². The van der Waals surface area contributed by atoms with Gasteiger partial charge in [-0.3, -0.25) is 4.79 Å². The zero-order valence-electron chi connectivity index (χ0n) is 10.8. The second-order valence-electron chi connectivity index (χ2n) is 4.24. The van der Waals surface area contributed by atoms with Crippen molar-refractivity contribution in [2.24, 2.45) is 0 Å². The van der Waals surface area contributed by atoms with Crippen LogP contribution in [-0.2, 0) is 4.79 Å². The van der Waals surface area contributed by atoms with E-state index >= 15 is 0 Å². The summed E-state index contributed by atoms with van der Waals surface area (Å²) in [6, 6.07) is 8.43. The smallest absolute Gasteiger partial charge is 0.145 e. The van der Waals surface area contributed by atoms with Gasteiger partial charge in [-0.2, -0.15) is 0 Å². The molecule has 0 spiro atoms. The van der Waals surface area contributed by atoms with Crippen LogP contribution in [0.4, 0.5) is 5.69 Å². The molecule has 0 amide bonds. The second-order valence-corrected chi connectivity index (χ2v) is 5.69. The van der Waals surface area contributed by atoms with E-state index in [1.165, 1.54) is 10.6 Å². The van der Waals surface area contributed by atoms with Gasteiger partial charge in [0.15, 0.2) is 0 Å². The third-order valence-electron chi connectivity index (χ3n) is 2.36. The number of benzene rings is 1. The molecule has 1 aromatic rings. The Morgan fingerprint density at radius 1 is 1.29 bits per heavy atom. The number of hydrogen-bond acceptors (Lipinski definition) is 3. The van der Waals surface area contributed by atoms with Crippen LogP contribution in [0.25, 0.3) is 0 Å². The third kappa shape index (κ3) is 4.65. The zero-order valence-corrected chi connectivity index (χ0v) is 11.6. The molecule has 1 aromatic carbocycles. The quantitative estimate of drug-likeness (QED) is 0.453. The Morgan fingerprint density at radius 3 is 2.35 bits per heavy atom. The summed E-state index contributed by atoms with van der Waals surface area (Å²) in [5.74, 6) is 0. The number of nitrogens with zero attached hydrogens (tertiary/aromatic N) is 1. The van der Waals surface area contributed by atoms with Crippen molar-refractivity contribution in [3.05, 3.63) is 35.9 Å². The van der Waals surface area contributed by atoms with E-state index in [1.54, 1.807) is 11.8 Å². The molecule has 17 heavy (non-hydrogen) atoms. The average molecular weight is 249 g/mol. The molecule has 0 saturated carbocycles. The number of carbonyl (C=O) groups excluding carboxylic acids is 1. The summed E-state index contributed by atoms with van der Waals surface area (Å²) < 4.78 is 0. The molecule has 0 fully saturated rings. The number of allylic oxidation sites excluding steroid dienone is 1. The molecule has 2 nitrogen and oxygen atoms in total. The third-order valence-corrected chi connectivity index (χ3v) is 3.41. The van der Waals surface area contributed by atoms with Gasteiger partial charge in [-0.15, -0.1) is 11.8 Å². The van der Waals surface area contributed by atoms with Gasteiger partial charge in [-0.1, -0.05) is 6.08 Å². The predicted octanol–water partition coefficient (Wildman–Crippen LogP) is 3.38. The largest absolute Gasteiger partial charge is 0.378 e. The van der Waals surface area contributed by atoms with E-state index in [2.05, 4.69) is 36.1 Å². The summed E-state index contributed by atoms with van der Waals surface area (Å²) in [4.78, 5) is 13.8. The fourth-order valence-electron chi connectivity index (χ4n) is 1.48. The first-order chi connectivity index (χ1) is 8.02. The molecule has 0 aliphatic carbocycles. The molecule has 0 aliphatic rings. The van der Waals surface area contributed by atoms with Gasteiger partial charge < -0.3 is 4.90 Å². The highest BCUT2D eigenvalue weighted by molar-refractivity contribution is 8.00. The highest BCUT2D eigenvalue weighted by atomic mass is 32.2. The van der Waals surface area contributed by atoms with Gasteiger partial charge in [0.1, 0.15) is 6.29 Å². The summed E-state index contributed by atoms with van der Waals surface area (Å²) in [5, 5.41) is 0.311. The maximum atomic E-state index is 10.5. The van der Waals surface area contributed by atoms with Gasteiger partial charge in [-0.25, -0.2) is 0 Å². The van der Waals surface area contributed by atoms with Crippen LogP contribution in [0.2, 0.25) is 0 Å². The standard InChI is InChI=1S/C14H19NOS/c1-11(10-16)9-12(2)17-14-7-5-13(6-8-14)15(3)4/h5-10,12H,1-4H3/b11-9+. The molecular formula is C14H19NOS. The monoisotopic (exact) mass is 249 g/mol. The van der Waals surface area contributed by atoms with Crippen LogP contribution in [-0.4, -0.2) is 25.6 Å². The topological polar surface area (TPSA) is 20.3 Å². The van der Waals surface area contributed by atoms with E-state index in [0.29, 0.717) is 5.25 Å². The summed E-state index contributed by atoms with van der Waals surface area (Å²) in [6.45, 7) is 3.93. The minimum Gasteiger partial charge on any atom is -0.378 e. The summed E-state index contributed by atoms with van der Waals surface area (Å²) in [6.07, 6.45) is 2.88. The first kappa shape index (κ1) is 13.8. The molecule has 1 atom stereocenters. The molecular weight excluding hydrogens is 230 g/mol. The molecule has 1 rings (SSSR count). The van der Waals surface area contributed by atoms with Crippen LogP contribution in [0.1, 0.15) is 13.8 Å². The summed E-state index contributed by atoms with van der Waals surface area (Å²) in [7, 11) is 4.06. The van der Waals surface area contributed by atoms with E-state index in [0.717, 1.165) is 11.9 Å². The number of anilines is 1. The van der Waals surface area contributed by atoms with Crippen molar-refractivity contribution in [3.8, 4) is 0 Å². The zero-order chi connectivity index (χ0) is 12.8. The Kier molecular flexibility index (Phi) is 5.29. The van der Waals surface area contributed by atoms with E-state index in [1.807, 2.05) is 27.1 Å². The van der Waals surface area contributed by atoms with Gasteiger partial charge in [-0.05, 0) is 43.7 Å². The van der Waals surface area contributed by atoms with Crippen LogP contribution >= 0.6 is 11.8 Å². The van der Waals surface area contributed by atoms with Crippen LogP contribution in [0.3, 0.4) is 0 Å². The van der Waals surface area contributed by atoms with Crippen molar-refractivity contribution in [3.63, 3.8) is 0 Å². The highest BCUT2D eigenvalue weighted by Gasteiger charge is 2.02. The van der Waals surface area contributed by atoms with Crippen molar-refractivity contribution in [1.82, 2.24) is 0 Å². The molecule has 0 heterocycles. The van der Waals surface area contributed by atoms with Crippen molar-refractivity contribution in [2.45, 2.75) is 24.0 Å². The van der Waals surface area contributed by atoms with E-state index in [4.69, 9.17) is 0 Å².